The van der Waals surface area contributed by atoms with Gasteiger partial charge in [0.1, 0.15) is 0 Å². The molecule has 154 valence electrons. The van der Waals surface area contributed by atoms with Crippen LogP contribution in [0.5, 0.6) is 0 Å². The van der Waals surface area contributed by atoms with Crippen LogP contribution >= 0.6 is 0 Å². The third-order valence-corrected chi connectivity index (χ3v) is 7.43. The van der Waals surface area contributed by atoms with Crippen molar-refractivity contribution in [3.05, 3.63) is 23.8 Å². The highest BCUT2D eigenvalue weighted by molar-refractivity contribution is 7.89. The second kappa shape index (κ2) is 8.51. The van der Waals surface area contributed by atoms with Gasteiger partial charge in [0.25, 0.3) is 0 Å². The van der Waals surface area contributed by atoms with Crippen LogP contribution in [0.4, 0.5) is 5.69 Å². The minimum Gasteiger partial charge on any atom is -0.378 e. The van der Waals surface area contributed by atoms with Crippen molar-refractivity contribution in [2.75, 3.05) is 24.6 Å². The van der Waals surface area contributed by atoms with Crippen molar-refractivity contribution in [1.82, 2.24) is 4.72 Å². The second-order valence-electron chi connectivity index (χ2n) is 8.19. The highest BCUT2D eigenvalue weighted by Gasteiger charge is 2.36. The third-order valence-electron chi connectivity index (χ3n) is 5.97. The van der Waals surface area contributed by atoms with E-state index in [0.29, 0.717) is 38.6 Å². The van der Waals surface area contributed by atoms with Crippen LogP contribution < -0.4 is 9.62 Å². The standard InChI is InChI=1S/C21H30N2O4S/c24-21(16-7-8-16)23-13-11-17-15-19(9-10-20(17)23)28(25,26)22-12-4-14-27-18-5-2-1-3-6-18/h9-10,15-16,18,22H,1-8,11-14H2. The number of amides is 1. The van der Waals surface area contributed by atoms with Crippen LogP contribution in [-0.4, -0.2) is 40.1 Å². The fraction of sp³-hybridized carbons (Fsp3) is 0.667. The van der Waals surface area contributed by atoms with E-state index in [-0.39, 0.29) is 16.7 Å². The molecule has 1 amide bonds. The van der Waals surface area contributed by atoms with Crippen molar-refractivity contribution in [1.29, 1.82) is 0 Å². The van der Waals surface area contributed by atoms with E-state index in [1.165, 1.54) is 19.3 Å². The number of sulfonamides is 1. The van der Waals surface area contributed by atoms with Crippen LogP contribution in [0.2, 0.25) is 0 Å². The average molecular weight is 407 g/mol. The zero-order valence-corrected chi connectivity index (χ0v) is 17.2. The Morgan fingerprint density at radius 1 is 1.14 bits per heavy atom. The molecular formula is C21H30N2O4S. The number of fused-ring (bicyclic) bond motifs is 1. The smallest absolute Gasteiger partial charge is 0.240 e. The van der Waals surface area contributed by atoms with Crippen LogP contribution in [0.25, 0.3) is 0 Å². The van der Waals surface area contributed by atoms with E-state index in [0.717, 1.165) is 36.9 Å². The lowest BCUT2D eigenvalue weighted by molar-refractivity contribution is -0.119. The fourth-order valence-electron chi connectivity index (χ4n) is 4.17. The SMILES string of the molecule is O=C(C1CC1)N1CCc2cc(S(=O)(=O)NCCCOC3CCCCC3)ccc21. The van der Waals surface area contributed by atoms with Crippen LogP contribution in [0.3, 0.4) is 0 Å². The predicted octanol–water partition coefficient (Wildman–Crippen LogP) is 3.00. The van der Waals surface area contributed by atoms with Crippen LogP contribution in [0, 0.1) is 5.92 Å². The number of rotatable bonds is 8. The second-order valence-corrected chi connectivity index (χ2v) is 9.95. The molecule has 0 radical (unpaired) electrons. The van der Waals surface area contributed by atoms with Gasteiger partial charge in [-0.15, -0.1) is 0 Å². The summed E-state index contributed by atoms with van der Waals surface area (Å²) in [5, 5.41) is 0. The number of hydrogen-bond donors (Lipinski definition) is 1. The van der Waals surface area contributed by atoms with Gasteiger partial charge in [0.05, 0.1) is 11.0 Å². The van der Waals surface area contributed by atoms with Crippen molar-refractivity contribution in [3.8, 4) is 0 Å². The maximum Gasteiger partial charge on any atom is 0.240 e. The van der Waals surface area contributed by atoms with E-state index in [4.69, 9.17) is 4.74 Å². The maximum absolute atomic E-state index is 12.6. The van der Waals surface area contributed by atoms with Gasteiger partial charge in [-0.2, -0.15) is 0 Å². The number of hydrogen-bond acceptors (Lipinski definition) is 4. The van der Waals surface area contributed by atoms with E-state index >= 15 is 0 Å². The summed E-state index contributed by atoms with van der Waals surface area (Å²) >= 11 is 0. The summed E-state index contributed by atoms with van der Waals surface area (Å²) in [5.74, 6) is 0.359. The number of carbonyl (C=O) groups excluding carboxylic acids is 1. The molecule has 2 aliphatic carbocycles. The molecule has 0 bridgehead atoms. The molecule has 3 aliphatic rings. The quantitative estimate of drug-likeness (QED) is 0.674. The molecule has 0 saturated heterocycles. The summed E-state index contributed by atoms with van der Waals surface area (Å²) in [4.78, 5) is 14.4. The van der Waals surface area contributed by atoms with Gasteiger partial charge in [-0.1, -0.05) is 19.3 Å². The molecule has 0 unspecified atom stereocenters. The summed E-state index contributed by atoms with van der Waals surface area (Å²) in [6.45, 7) is 1.62. The lowest BCUT2D eigenvalue weighted by Crippen LogP contribution is -2.30. The molecule has 7 heteroatoms. The average Bonchev–Trinajstić information content (AvgIpc) is 3.47. The van der Waals surface area contributed by atoms with E-state index in [9.17, 15) is 13.2 Å². The maximum atomic E-state index is 12.6. The van der Waals surface area contributed by atoms with Crippen molar-refractivity contribution in [2.45, 2.75) is 68.8 Å². The molecule has 1 aliphatic heterocycles. The first-order valence-corrected chi connectivity index (χ1v) is 12.1. The first-order chi connectivity index (χ1) is 13.5. The van der Waals surface area contributed by atoms with Gasteiger partial charge in [-0.05, 0) is 62.3 Å². The number of carbonyl (C=O) groups is 1. The van der Waals surface area contributed by atoms with Crippen LogP contribution in [0.1, 0.15) is 56.9 Å². The van der Waals surface area contributed by atoms with Gasteiger partial charge >= 0.3 is 0 Å². The summed E-state index contributed by atoms with van der Waals surface area (Å²) in [6.07, 6.45) is 9.71. The molecule has 0 spiro atoms. The zero-order chi connectivity index (χ0) is 19.6. The molecule has 1 aromatic rings. The lowest BCUT2D eigenvalue weighted by atomic mass is 9.98. The van der Waals surface area contributed by atoms with Crippen LogP contribution in [-0.2, 0) is 26.0 Å². The molecule has 0 aromatic heterocycles. The van der Waals surface area contributed by atoms with Gasteiger partial charge in [0, 0.05) is 31.3 Å². The monoisotopic (exact) mass is 406 g/mol. The molecular weight excluding hydrogens is 376 g/mol. The van der Waals surface area contributed by atoms with Crippen molar-refractivity contribution in [2.24, 2.45) is 5.92 Å². The van der Waals surface area contributed by atoms with Gasteiger partial charge in [-0.25, -0.2) is 13.1 Å². The fourth-order valence-corrected chi connectivity index (χ4v) is 5.29. The Hall–Kier alpha value is -1.44. The summed E-state index contributed by atoms with van der Waals surface area (Å²) in [7, 11) is -3.54. The van der Waals surface area contributed by atoms with E-state index in [1.807, 2.05) is 4.90 Å². The molecule has 2 saturated carbocycles. The molecule has 0 atom stereocenters. The van der Waals surface area contributed by atoms with E-state index in [1.54, 1.807) is 18.2 Å². The van der Waals surface area contributed by atoms with Crippen LogP contribution in [0.15, 0.2) is 23.1 Å². The zero-order valence-electron chi connectivity index (χ0n) is 16.4. The number of nitrogens with zero attached hydrogens (tertiary/aromatic N) is 1. The largest absolute Gasteiger partial charge is 0.378 e. The highest BCUT2D eigenvalue weighted by Crippen LogP contribution is 2.37. The third kappa shape index (κ3) is 4.58. The number of nitrogens with one attached hydrogen (secondary N) is 1. The Morgan fingerprint density at radius 3 is 2.68 bits per heavy atom. The predicted molar refractivity (Wildman–Crippen MR) is 108 cm³/mol. The van der Waals surface area contributed by atoms with E-state index in [2.05, 4.69) is 4.72 Å². The van der Waals surface area contributed by atoms with Crippen molar-refractivity contribution < 1.29 is 17.9 Å². The minimum atomic E-state index is -3.54. The number of benzene rings is 1. The van der Waals surface area contributed by atoms with Gasteiger partial charge in [0.2, 0.25) is 15.9 Å². The Bertz CT molecular complexity index is 814. The van der Waals surface area contributed by atoms with Gasteiger partial charge in [0.15, 0.2) is 0 Å². The minimum absolute atomic E-state index is 0.173. The molecule has 1 aromatic carbocycles. The first-order valence-electron chi connectivity index (χ1n) is 10.6. The Kier molecular flexibility index (Phi) is 6.04. The molecule has 1 heterocycles. The Balaban J connectivity index is 1.29. The summed E-state index contributed by atoms with van der Waals surface area (Å²) < 4.78 is 33.7. The number of ether oxygens (including phenoxy) is 1. The molecule has 4 rings (SSSR count). The highest BCUT2D eigenvalue weighted by atomic mass is 32.2. The molecule has 1 N–H and O–H groups in total. The molecule has 6 nitrogen and oxygen atoms in total. The Labute approximate surface area is 167 Å². The summed E-state index contributed by atoms with van der Waals surface area (Å²) in [5.41, 5.74) is 1.81. The van der Waals surface area contributed by atoms with Gasteiger partial charge < -0.3 is 9.64 Å². The molecule has 2 fully saturated rings. The van der Waals surface area contributed by atoms with E-state index < -0.39 is 10.0 Å². The topological polar surface area (TPSA) is 75.7 Å². The molecule has 28 heavy (non-hydrogen) atoms. The van der Waals surface area contributed by atoms with Crippen molar-refractivity contribution in [3.63, 3.8) is 0 Å². The lowest BCUT2D eigenvalue weighted by Gasteiger charge is -2.21. The Morgan fingerprint density at radius 2 is 1.93 bits per heavy atom. The number of anilines is 1. The first kappa shape index (κ1) is 19.9. The van der Waals surface area contributed by atoms with Gasteiger partial charge in [-0.3, -0.25) is 4.79 Å². The normalized spacial score (nSPS) is 20.4. The summed E-state index contributed by atoms with van der Waals surface area (Å²) in [6, 6.07) is 5.11. The van der Waals surface area contributed by atoms with Crippen molar-refractivity contribution >= 4 is 21.6 Å².